The molecule has 0 bridgehead atoms. The van der Waals surface area contributed by atoms with Crippen molar-refractivity contribution in [1.29, 1.82) is 0 Å². The lowest BCUT2D eigenvalue weighted by Crippen LogP contribution is -2.27. The van der Waals surface area contributed by atoms with E-state index in [0.717, 1.165) is 10.8 Å². The Morgan fingerprint density at radius 3 is 2.25 bits per heavy atom. The molecule has 0 heterocycles. The van der Waals surface area contributed by atoms with E-state index in [-0.39, 0.29) is 12.4 Å². The molecule has 0 amide bonds. The Morgan fingerprint density at radius 1 is 0.857 bits per heavy atom. The third-order valence-electron chi connectivity index (χ3n) is 4.20. The Kier molecular flexibility index (Phi) is 6.27. The van der Waals surface area contributed by atoms with Crippen LogP contribution in [0.15, 0.2) is 66.7 Å². The lowest BCUT2D eigenvalue weighted by Gasteiger charge is -2.13. The van der Waals surface area contributed by atoms with Crippen LogP contribution >= 0.6 is 0 Å². The fourth-order valence-corrected chi connectivity index (χ4v) is 2.80. The van der Waals surface area contributed by atoms with Crippen molar-refractivity contribution < 1.29 is 23.8 Å². The van der Waals surface area contributed by atoms with Crippen molar-refractivity contribution in [2.45, 2.75) is 20.0 Å². The average Bonchev–Trinajstić information content (AvgIpc) is 2.72. The fourth-order valence-electron chi connectivity index (χ4n) is 2.80. The first-order valence-corrected chi connectivity index (χ1v) is 9.15. The largest absolute Gasteiger partial charge is 0.494 e. The molecule has 0 aliphatic rings. The normalized spacial score (nSPS) is 11.6. The Hall–Kier alpha value is -3.34. The van der Waals surface area contributed by atoms with Gasteiger partial charge in [-0.05, 0) is 61.0 Å². The van der Waals surface area contributed by atoms with E-state index in [2.05, 4.69) is 0 Å². The van der Waals surface area contributed by atoms with Gasteiger partial charge in [-0.3, -0.25) is 4.79 Å². The van der Waals surface area contributed by atoms with Crippen LogP contribution in [-0.2, 0) is 9.53 Å². The number of carbonyl (C=O) groups is 2. The summed E-state index contributed by atoms with van der Waals surface area (Å²) < 4.78 is 16.1. The predicted octanol–water partition coefficient (Wildman–Crippen LogP) is 4.43. The van der Waals surface area contributed by atoms with Gasteiger partial charge >= 0.3 is 5.97 Å². The van der Waals surface area contributed by atoms with Crippen molar-refractivity contribution in [3.8, 4) is 11.5 Å². The Labute approximate surface area is 163 Å². The second kappa shape index (κ2) is 9.04. The van der Waals surface area contributed by atoms with Crippen LogP contribution in [0.25, 0.3) is 10.8 Å². The highest BCUT2D eigenvalue weighted by Crippen LogP contribution is 2.20. The van der Waals surface area contributed by atoms with Crippen LogP contribution in [-0.4, -0.2) is 31.1 Å². The third kappa shape index (κ3) is 4.88. The maximum absolute atomic E-state index is 12.4. The smallest absolute Gasteiger partial charge is 0.344 e. The minimum absolute atomic E-state index is 0.265. The second-order valence-electron chi connectivity index (χ2n) is 6.25. The topological polar surface area (TPSA) is 61.8 Å². The van der Waals surface area contributed by atoms with Crippen molar-refractivity contribution >= 4 is 22.5 Å². The van der Waals surface area contributed by atoms with Gasteiger partial charge in [0.05, 0.1) is 6.61 Å². The molecule has 0 aromatic heterocycles. The Morgan fingerprint density at radius 2 is 1.54 bits per heavy atom. The molecule has 0 fully saturated rings. The van der Waals surface area contributed by atoms with Crippen molar-refractivity contribution in [3.05, 3.63) is 72.3 Å². The van der Waals surface area contributed by atoms with E-state index in [0.29, 0.717) is 23.7 Å². The van der Waals surface area contributed by atoms with E-state index >= 15 is 0 Å². The zero-order valence-corrected chi connectivity index (χ0v) is 15.9. The molecule has 1 atom stereocenters. The van der Waals surface area contributed by atoms with E-state index in [4.69, 9.17) is 14.2 Å². The molecule has 144 valence electrons. The molecule has 0 unspecified atom stereocenters. The van der Waals surface area contributed by atoms with Crippen LogP contribution in [0.3, 0.4) is 0 Å². The maximum Gasteiger partial charge on any atom is 0.344 e. The zero-order chi connectivity index (χ0) is 19.9. The summed E-state index contributed by atoms with van der Waals surface area (Å²) in [4.78, 5) is 24.5. The third-order valence-corrected chi connectivity index (χ3v) is 4.20. The van der Waals surface area contributed by atoms with E-state index in [1.54, 1.807) is 37.3 Å². The van der Waals surface area contributed by atoms with E-state index in [1.807, 2.05) is 43.3 Å². The van der Waals surface area contributed by atoms with Gasteiger partial charge in [-0.1, -0.05) is 30.3 Å². The minimum Gasteiger partial charge on any atom is -0.494 e. The summed E-state index contributed by atoms with van der Waals surface area (Å²) in [6.45, 7) is 3.73. The van der Waals surface area contributed by atoms with Crippen LogP contribution in [0, 0.1) is 0 Å². The van der Waals surface area contributed by atoms with Crippen LogP contribution in [0.2, 0.25) is 0 Å². The molecule has 3 rings (SSSR count). The first-order valence-electron chi connectivity index (χ1n) is 9.15. The Balaban J connectivity index is 1.53. The number of fused-ring (bicyclic) bond motifs is 1. The van der Waals surface area contributed by atoms with Gasteiger partial charge in [-0.15, -0.1) is 0 Å². The molecule has 0 saturated heterocycles. The summed E-state index contributed by atoms with van der Waals surface area (Å²) in [6, 6.07) is 20.2. The van der Waals surface area contributed by atoms with Crippen molar-refractivity contribution in [1.82, 2.24) is 0 Å². The molecule has 5 nitrogen and oxygen atoms in total. The number of hydrogen-bond donors (Lipinski definition) is 0. The molecule has 0 spiro atoms. The van der Waals surface area contributed by atoms with Gasteiger partial charge in [-0.25, -0.2) is 4.79 Å². The van der Waals surface area contributed by atoms with Crippen LogP contribution in [0.4, 0.5) is 0 Å². The van der Waals surface area contributed by atoms with Gasteiger partial charge in [0.1, 0.15) is 11.5 Å². The van der Waals surface area contributed by atoms with Gasteiger partial charge < -0.3 is 14.2 Å². The lowest BCUT2D eigenvalue weighted by molar-refractivity contribution is -0.148. The number of Topliss-reactive ketones (excluding diaryl/α,β-unsaturated/α-hetero) is 1. The van der Waals surface area contributed by atoms with Crippen molar-refractivity contribution in [2.24, 2.45) is 0 Å². The molecule has 0 aliphatic heterocycles. The fraction of sp³-hybridized carbons (Fsp3) is 0.217. The highest BCUT2D eigenvalue weighted by Gasteiger charge is 2.20. The maximum atomic E-state index is 12.4. The quantitative estimate of drug-likeness (QED) is 0.429. The number of benzene rings is 3. The molecule has 0 radical (unpaired) electrons. The zero-order valence-electron chi connectivity index (χ0n) is 15.9. The first-order chi connectivity index (χ1) is 13.6. The molecular formula is C23H22O5. The molecule has 28 heavy (non-hydrogen) atoms. The number of esters is 1. The molecule has 3 aromatic rings. The number of hydrogen-bond acceptors (Lipinski definition) is 5. The Bertz CT molecular complexity index is 962. The highest BCUT2D eigenvalue weighted by molar-refractivity contribution is 6.00. The lowest BCUT2D eigenvalue weighted by atomic mass is 10.1. The molecule has 0 saturated carbocycles. The van der Waals surface area contributed by atoms with Crippen molar-refractivity contribution in [2.75, 3.05) is 13.2 Å². The number of ether oxygens (including phenoxy) is 3. The number of ketones is 1. The van der Waals surface area contributed by atoms with E-state index < -0.39 is 12.1 Å². The predicted molar refractivity (Wildman–Crippen MR) is 107 cm³/mol. The molecule has 0 N–H and O–H groups in total. The second-order valence-corrected chi connectivity index (χ2v) is 6.25. The summed E-state index contributed by atoms with van der Waals surface area (Å²) in [6.07, 6.45) is -0.898. The summed E-state index contributed by atoms with van der Waals surface area (Å²) >= 11 is 0. The van der Waals surface area contributed by atoms with E-state index in [1.165, 1.54) is 0 Å². The number of rotatable bonds is 8. The first kappa shape index (κ1) is 19.4. The highest BCUT2D eigenvalue weighted by atomic mass is 16.6. The van der Waals surface area contributed by atoms with Crippen LogP contribution < -0.4 is 9.47 Å². The average molecular weight is 378 g/mol. The monoisotopic (exact) mass is 378 g/mol. The minimum atomic E-state index is -0.898. The SMILES string of the molecule is CCOc1ccc(C(=O)[C@@H](C)OC(=O)COc2ccc3ccccc3c2)cc1. The summed E-state index contributed by atoms with van der Waals surface area (Å²) in [5, 5.41) is 2.11. The van der Waals surface area contributed by atoms with Crippen LogP contribution in [0.1, 0.15) is 24.2 Å². The van der Waals surface area contributed by atoms with Gasteiger partial charge in [0.25, 0.3) is 0 Å². The van der Waals surface area contributed by atoms with Crippen LogP contribution in [0.5, 0.6) is 11.5 Å². The van der Waals surface area contributed by atoms with Crippen molar-refractivity contribution in [3.63, 3.8) is 0 Å². The molecule has 0 aliphatic carbocycles. The molecule has 3 aromatic carbocycles. The molecule has 5 heteroatoms. The van der Waals surface area contributed by atoms with Gasteiger partial charge in [0.2, 0.25) is 5.78 Å². The summed E-state index contributed by atoms with van der Waals surface area (Å²) in [5.41, 5.74) is 0.458. The summed E-state index contributed by atoms with van der Waals surface area (Å²) in [5.74, 6) is 0.385. The summed E-state index contributed by atoms with van der Waals surface area (Å²) in [7, 11) is 0. The molecular weight excluding hydrogens is 356 g/mol. The van der Waals surface area contributed by atoms with Gasteiger partial charge in [0, 0.05) is 5.56 Å². The standard InChI is InChI=1S/C23H22O5/c1-3-26-20-11-9-18(10-12-20)23(25)16(2)28-22(24)15-27-21-13-8-17-6-4-5-7-19(17)14-21/h4-14,16H,3,15H2,1-2H3/t16-/m1/s1. The van der Waals surface area contributed by atoms with Gasteiger partial charge in [-0.2, -0.15) is 0 Å². The van der Waals surface area contributed by atoms with E-state index in [9.17, 15) is 9.59 Å². The van der Waals surface area contributed by atoms with Gasteiger partial charge in [0.15, 0.2) is 12.7 Å². The number of carbonyl (C=O) groups excluding carboxylic acids is 2.